The minimum absolute atomic E-state index is 0.0448. The average Bonchev–Trinajstić information content (AvgIpc) is 2.68. The van der Waals surface area contributed by atoms with Gasteiger partial charge in [-0.15, -0.1) is 0 Å². The molecule has 28 heavy (non-hydrogen) atoms. The van der Waals surface area contributed by atoms with Crippen molar-refractivity contribution in [2.24, 2.45) is 0 Å². The van der Waals surface area contributed by atoms with Gasteiger partial charge >= 0.3 is 5.97 Å². The molecule has 0 spiro atoms. The molecule has 8 nitrogen and oxygen atoms in total. The van der Waals surface area contributed by atoms with Crippen molar-refractivity contribution in [3.05, 3.63) is 27.9 Å². The van der Waals surface area contributed by atoms with Crippen LogP contribution in [0.1, 0.15) is 17.4 Å². The maximum Gasteiger partial charge on any atom is 0.360 e. The maximum absolute atomic E-state index is 12.5. The fraction of sp³-hybridized carbons (Fsp3) is 0.444. The van der Waals surface area contributed by atoms with Gasteiger partial charge in [0.2, 0.25) is 5.91 Å². The molecule has 1 aliphatic rings. The summed E-state index contributed by atoms with van der Waals surface area (Å²) in [5, 5.41) is 0.685. The quantitative estimate of drug-likeness (QED) is 0.678. The van der Waals surface area contributed by atoms with Gasteiger partial charge in [0.15, 0.2) is 11.5 Å². The van der Waals surface area contributed by atoms with E-state index in [0.717, 1.165) is 0 Å². The molecule has 1 fully saturated rings. The summed E-state index contributed by atoms with van der Waals surface area (Å²) >= 11 is 12.2. The van der Waals surface area contributed by atoms with E-state index in [2.05, 4.69) is 9.97 Å². The monoisotopic (exact) mass is 426 g/mol. The Labute approximate surface area is 172 Å². The molecule has 1 aromatic carbocycles. The van der Waals surface area contributed by atoms with Crippen LogP contribution in [0.4, 0.5) is 5.82 Å². The standard InChI is InChI=1S/C18H20Cl2N4O4/c1-3-28-18(26)16-17(22-14-9-12(20)11(19)8-13(14)21-16)24-6-4-23(5-7-24)15(25)10-27-2/h8-9H,3-7,10H2,1-2H3. The molecule has 0 aliphatic carbocycles. The fourth-order valence-corrected chi connectivity index (χ4v) is 3.30. The van der Waals surface area contributed by atoms with Crippen LogP contribution >= 0.6 is 23.2 Å². The van der Waals surface area contributed by atoms with Gasteiger partial charge in [-0.05, 0) is 19.1 Å². The molecule has 0 N–H and O–H groups in total. The van der Waals surface area contributed by atoms with Crippen molar-refractivity contribution in [1.82, 2.24) is 14.9 Å². The maximum atomic E-state index is 12.5. The number of carbonyl (C=O) groups excluding carboxylic acids is 2. The van der Waals surface area contributed by atoms with E-state index in [1.807, 2.05) is 4.90 Å². The molecule has 0 radical (unpaired) electrons. The molecule has 0 unspecified atom stereocenters. The number of rotatable bonds is 5. The SMILES string of the molecule is CCOC(=O)c1nc2cc(Cl)c(Cl)cc2nc1N1CCN(C(=O)COC)CC1. The van der Waals surface area contributed by atoms with Crippen LogP contribution in [0.3, 0.4) is 0 Å². The Morgan fingerprint density at radius 3 is 2.25 bits per heavy atom. The molecule has 2 heterocycles. The lowest BCUT2D eigenvalue weighted by molar-refractivity contribution is -0.135. The summed E-state index contributed by atoms with van der Waals surface area (Å²) in [6.45, 7) is 3.98. The highest BCUT2D eigenvalue weighted by Gasteiger charge is 2.27. The molecular weight excluding hydrogens is 407 g/mol. The topological polar surface area (TPSA) is 84.9 Å². The lowest BCUT2D eigenvalue weighted by atomic mass is 10.2. The summed E-state index contributed by atoms with van der Waals surface area (Å²) in [5.41, 5.74) is 1.09. The van der Waals surface area contributed by atoms with Gasteiger partial charge in [0.25, 0.3) is 0 Å². The smallest absolute Gasteiger partial charge is 0.360 e. The number of hydrogen-bond acceptors (Lipinski definition) is 7. The molecule has 1 amide bonds. The van der Waals surface area contributed by atoms with Gasteiger partial charge in [-0.3, -0.25) is 4.79 Å². The van der Waals surface area contributed by atoms with E-state index in [-0.39, 0.29) is 24.8 Å². The number of amides is 1. The van der Waals surface area contributed by atoms with Gasteiger partial charge in [0.05, 0.1) is 27.7 Å². The van der Waals surface area contributed by atoms with Gasteiger partial charge in [0.1, 0.15) is 6.61 Å². The van der Waals surface area contributed by atoms with E-state index in [1.165, 1.54) is 7.11 Å². The first-order chi connectivity index (χ1) is 13.4. The van der Waals surface area contributed by atoms with Crippen LogP contribution in [0.25, 0.3) is 11.0 Å². The van der Waals surface area contributed by atoms with E-state index in [4.69, 9.17) is 32.7 Å². The third kappa shape index (κ3) is 4.29. The lowest BCUT2D eigenvalue weighted by Crippen LogP contribution is -2.50. The minimum Gasteiger partial charge on any atom is -0.461 e. The average molecular weight is 427 g/mol. The summed E-state index contributed by atoms with van der Waals surface area (Å²) in [7, 11) is 1.49. The summed E-state index contributed by atoms with van der Waals surface area (Å²) in [5.74, 6) is -0.224. The molecule has 1 aliphatic heterocycles. The highest BCUT2D eigenvalue weighted by Crippen LogP contribution is 2.29. The van der Waals surface area contributed by atoms with Crippen LogP contribution in [0.15, 0.2) is 12.1 Å². The Morgan fingerprint density at radius 2 is 1.68 bits per heavy atom. The Kier molecular flexibility index (Phi) is 6.53. The van der Waals surface area contributed by atoms with Crippen LogP contribution in [-0.4, -0.2) is 73.2 Å². The van der Waals surface area contributed by atoms with Crippen molar-refractivity contribution in [2.75, 3.05) is 51.4 Å². The number of halogens is 2. The Bertz CT molecular complexity index is 901. The summed E-state index contributed by atoms with van der Waals surface area (Å²) < 4.78 is 10.0. The van der Waals surface area contributed by atoms with Crippen molar-refractivity contribution < 1.29 is 19.1 Å². The number of aromatic nitrogens is 2. The van der Waals surface area contributed by atoms with Crippen LogP contribution < -0.4 is 4.90 Å². The van der Waals surface area contributed by atoms with Crippen LogP contribution in [-0.2, 0) is 14.3 Å². The van der Waals surface area contributed by atoms with Crippen LogP contribution in [0.5, 0.6) is 0 Å². The predicted molar refractivity (Wildman–Crippen MR) is 106 cm³/mol. The van der Waals surface area contributed by atoms with E-state index in [1.54, 1.807) is 24.0 Å². The van der Waals surface area contributed by atoms with E-state index < -0.39 is 5.97 Å². The Hall–Kier alpha value is -2.16. The number of ether oxygens (including phenoxy) is 2. The first-order valence-electron chi connectivity index (χ1n) is 8.80. The van der Waals surface area contributed by atoms with Gasteiger partial charge < -0.3 is 19.3 Å². The van der Waals surface area contributed by atoms with Gasteiger partial charge in [0, 0.05) is 33.3 Å². The molecule has 0 atom stereocenters. The van der Waals surface area contributed by atoms with E-state index in [9.17, 15) is 9.59 Å². The Balaban J connectivity index is 1.94. The molecule has 3 rings (SSSR count). The van der Waals surface area contributed by atoms with Crippen LogP contribution in [0.2, 0.25) is 10.0 Å². The molecule has 10 heteroatoms. The van der Waals surface area contributed by atoms with E-state index >= 15 is 0 Å². The lowest BCUT2D eigenvalue weighted by Gasteiger charge is -2.35. The number of fused-ring (bicyclic) bond motifs is 1. The molecule has 0 bridgehead atoms. The highest BCUT2D eigenvalue weighted by atomic mass is 35.5. The molecule has 0 saturated carbocycles. The fourth-order valence-electron chi connectivity index (χ4n) is 2.98. The zero-order valence-corrected chi connectivity index (χ0v) is 17.1. The van der Waals surface area contributed by atoms with Crippen molar-refractivity contribution >= 4 is 51.9 Å². The number of hydrogen-bond donors (Lipinski definition) is 0. The zero-order chi connectivity index (χ0) is 20.3. The predicted octanol–water partition coefficient (Wildman–Crippen LogP) is 2.41. The number of anilines is 1. The minimum atomic E-state index is -0.559. The van der Waals surface area contributed by atoms with Crippen molar-refractivity contribution in [1.29, 1.82) is 0 Å². The zero-order valence-electron chi connectivity index (χ0n) is 15.6. The van der Waals surface area contributed by atoms with Crippen LogP contribution in [0, 0.1) is 0 Å². The Morgan fingerprint density at radius 1 is 1.07 bits per heavy atom. The van der Waals surface area contributed by atoms with Crippen molar-refractivity contribution in [3.63, 3.8) is 0 Å². The third-order valence-corrected chi connectivity index (χ3v) is 5.08. The van der Waals surface area contributed by atoms with Gasteiger partial charge in [-0.2, -0.15) is 0 Å². The third-order valence-electron chi connectivity index (χ3n) is 4.36. The first kappa shape index (κ1) is 20.6. The molecule has 2 aromatic rings. The summed E-state index contributed by atoms with van der Waals surface area (Å²) in [6.07, 6.45) is 0. The van der Waals surface area contributed by atoms with E-state index in [0.29, 0.717) is 53.1 Å². The van der Waals surface area contributed by atoms with Gasteiger partial charge in [-0.25, -0.2) is 14.8 Å². The summed E-state index contributed by atoms with van der Waals surface area (Å²) in [6, 6.07) is 3.18. The molecule has 1 aromatic heterocycles. The number of benzene rings is 1. The largest absolute Gasteiger partial charge is 0.461 e. The number of methoxy groups -OCH3 is 1. The normalized spacial score (nSPS) is 14.4. The summed E-state index contributed by atoms with van der Waals surface area (Å²) in [4.78, 5) is 37.1. The molecule has 150 valence electrons. The van der Waals surface area contributed by atoms with Crippen molar-refractivity contribution in [3.8, 4) is 0 Å². The number of carbonyl (C=O) groups is 2. The van der Waals surface area contributed by atoms with Gasteiger partial charge in [-0.1, -0.05) is 23.2 Å². The molecule has 1 saturated heterocycles. The second-order valence-electron chi connectivity index (χ2n) is 6.17. The molecular formula is C18H20Cl2N4O4. The second-order valence-corrected chi connectivity index (χ2v) is 6.99. The second kappa shape index (κ2) is 8.89. The highest BCUT2D eigenvalue weighted by molar-refractivity contribution is 6.42. The first-order valence-corrected chi connectivity index (χ1v) is 9.55. The number of piperazine rings is 1. The van der Waals surface area contributed by atoms with Crippen molar-refractivity contribution in [2.45, 2.75) is 6.92 Å². The number of esters is 1. The number of nitrogens with zero attached hydrogens (tertiary/aromatic N) is 4.